The van der Waals surface area contributed by atoms with E-state index in [2.05, 4.69) is 15.5 Å². The lowest BCUT2D eigenvalue weighted by molar-refractivity contribution is 0.867. The summed E-state index contributed by atoms with van der Waals surface area (Å²) in [5.74, 6) is 0.444. The first-order valence-electron chi connectivity index (χ1n) is 5.02. The van der Waals surface area contributed by atoms with Gasteiger partial charge < -0.3 is 5.32 Å². The van der Waals surface area contributed by atoms with Crippen LogP contribution in [0.2, 0.25) is 5.02 Å². The van der Waals surface area contributed by atoms with Crippen molar-refractivity contribution in [3.05, 3.63) is 45.5 Å². The summed E-state index contributed by atoms with van der Waals surface area (Å²) in [5.41, 5.74) is 0.993. The van der Waals surface area contributed by atoms with E-state index in [0.29, 0.717) is 16.5 Å². The van der Waals surface area contributed by atoms with E-state index in [1.807, 2.05) is 6.92 Å². The van der Waals surface area contributed by atoms with Gasteiger partial charge in [-0.3, -0.25) is 9.36 Å². The SMILES string of the molecule is CNc1cc(Cl)cn(-c2ccc(C)nn2)c1=O. The Labute approximate surface area is 103 Å². The van der Waals surface area contributed by atoms with Gasteiger partial charge in [0, 0.05) is 13.2 Å². The molecule has 0 radical (unpaired) electrons. The van der Waals surface area contributed by atoms with Crippen LogP contribution in [0.1, 0.15) is 5.69 Å². The standard InChI is InChI=1S/C11H11ClN4O/c1-7-3-4-10(15-14-7)16-6-8(12)5-9(13-2)11(16)17/h3-6,13H,1-2H3. The second kappa shape index (κ2) is 4.55. The van der Waals surface area contributed by atoms with Crippen molar-refractivity contribution in [2.24, 2.45) is 0 Å². The van der Waals surface area contributed by atoms with Gasteiger partial charge in [0.05, 0.1) is 10.7 Å². The molecular weight excluding hydrogens is 240 g/mol. The van der Waals surface area contributed by atoms with Crippen molar-refractivity contribution in [2.45, 2.75) is 6.92 Å². The zero-order valence-corrected chi connectivity index (χ0v) is 10.2. The average molecular weight is 251 g/mol. The number of hydrogen-bond donors (Lipinski definition) is 1. The van der Waals surface area contributed by atoms with Crippen LogP contribution < -0.4 is 10.9 Å². The Morgan fingerprint density at radius 1 is 1.35 bits per heavy atom. The van der Waals surface area contributed by atoms with Crippen molar-refractivity contribution >= 4 is 17.3 Å². The van der Waals surface area contributed by atoms with Crippen molar-refractivity contribution in [3.8, 4) is 5.82 Å². The Morgan fingerprint density at radius 3 is 2.71 bits per heavy atom. The highest BCUT2D eigenvalue weighted by Gasteiger charge is 2.07. The van der Waals surface area contributed by atoms with Crippen molar-refractivity contribution in [1.82, 2.24) is 14.8 Å². The summed E-state index contributed by atoms with van der Waals surface area (Å²) < 4.78 is 1.36. The van der Waals surface area contributed by atoms with Crippen molar-refractivity contribution < 1.29 is 0 Å². The van der Waals surface area contributed by atoms with Crippen LogP contribution in [0, 0.1) is 6.92 Å². The maximum Gasteiger partial charge on any atom is 0.279 e. The third-order valence-corrected chi connectivity index (χ3v) is 2.49. The highest BCUT2D eigenvalue weighted by molar-refractivity contribution is 6.30. The maximum atomic E-state index is 12.0. The van der Waals surface area contributed by atoms with E-state index in [1.54, 1.807) is 25.2 Å². The fourth-order valence-corrected chi connectivity index (χ4v) is 1.62. The highest BCUT2D eigenvalue weighted by Crippen LogP contribution is 2.12. The molecule has 2 aromatic heterocycles. The predicted octanol–water partition coefficient (Wildman–Crippen LogP) is 1.63. The lowest BCUT2D eigenvalue weighted by Crippen LogP contribution is -2.21. The molecule has 0 aliphatic carbocycles. The van der Waals surface area contributed by atoms with E-state index >= 15 is 0 Å². The lowest BCUT2D eigenvalue weighted by atomic mass is 10.3. The van der Waals surface area contributed by atoms with Crippen LogP contribution >= 0.6 is 11.6 Å². The van der Waals surface area contributed by atoms with E-state index in [9.17, 15) is 4.79 Å². The van der Waals surface area contributed by atoms with Gasteiger partial charge in [0.25, 0.3) is 5.56 Å². The fraction of sp³-hybridized carbons (Fsp3) is 0.182. The van der Waals surface area contributed by atoms with Gasteiger partial charge in [-0.05, 0) is 25.1 Å². The molecule has 0 aromatic carbocycles. The largest absolute Gasteiger partial charge is 0.384 e. The molecule has 0 aliphatic rings. The zero-order chi connectivity index (χ0) is 12.4. The molecule has 0 aliphatic heterocycles. The Bertz CT molecular complexity index is 591. The second-order valence-corrected chi connectivity index (χ2v) is 3.97. The maximum absolute atomic E-state index is 12.0. The molecule has 6 heteroatoms. The molecule has 88 valence electrons. The van der Waals surface area contributed by atoms with Gasteiger partial charge in [0.1, 0.15) is 5.69 Å². The number of nitrogens with zero attached hydrogens (tertiary/aromatic N) is 3. The molecule has 1 N–H and O–H groups in total. The minimum Gasteiger partial charge on any atom is -0.384 e. The Morgan fingerprint density at radius 2 is 2.12 bits per heavy atom. The summed E-state index contributed by atoms with van der Waals surface area (Å²) in [4.78, 5) is 12.0. The molecular formula is C11H11ClN4O. The number of anilines is 1. The molecule has 0 fully saturated rings. The summed E-state index contributed by atoms with van der Waals surface area (Å²) >= 11 is 5.93. The van der Waals surface area contributed by atoms with Crippen LogP contribution in [-0.4, -0.2) is 21.8 Å². The molecule has 2 rings (SSSR count). The second-order valence-electron chi connectivity index (χ2n) is 3.53. The summed E-state index contributed by atoms with van der Waals surface area (Å²) in [6.45, 7) is 1.83. The van der Waals surface area contributed by atoms with E-state index in [-0.39, 0.29) is 5.56 Å². The molecule has 2 heterocycles. The van der Waals surface area contributed by atoms with E-state index in [4.69, 9.17) is 11.6 Å². The van der Waals surface area contributed by atoms with Crippen molar-refractivity contribution in [2.75, 3.05) is 12.4 Å². The first kappa shape index (κ1) is 11.6. The Kier molecular flexibility index (Phi) is 3.10. The van der Waals surface area contributed by atoms with Crippen LogP contribution in [0.5, 0.6) is 0 Å². The van der Waals surface area contributed by atoms with Gasteiger partial charge in [-0.1, -0.05) is 11.6 Å². The molecule has 0 saturated carbocycles. The van der Waals surface area contributed by atoms with Crippen molar-refractivity contribution in [3.63, 3.8) is 0 Å². The molecule has 0 amide bonds. The number of aromatic nitrogens is 3. The van der Waals surface area contributed by atoms with Gasteiger partial charge in [-0.15, -0.1) is 5.10 Å². The number of nitrogens with one attached hydrogen (secondary N) is 1. The van der Waals surface area contributed by atoms with E-state index < -0.39 is 0 Å². The van der Waals surface area contributed by atoms with Gasteiger partial charge in [0.2, 0.25) is 0 Å². The third-order valence-electron chi connectivity index (χ3n) is 2.28. The van der Waals surface area contributed by atoms with Gasteiger partial charge in [0.15, 0.2) is 5.82 Å². The molecule has 2 aromatic rings. The van der Waals surface area contributed by atoms with Crippen LogP contribution in [-0.2, 0) is 0 Å². The predicted molar refractivity (Wildman–Crippen MR) is 66.9 cm³/mol. The summed E-state index contributed by atoms with van der Waals surface area (Å²) in [6.07, 6.45) is 1.52. The first-order chi connectivity index (χ1) is 8.11. The molecule has 0 spiro atoms. The first-order valence-corrected chi connectivity index (χ1v) is 5.40. The number of hydrogen-bond acceptors (Lipinski definition) is 4. The molecule has 0 unspecified atom stereocenters. The van der Waals surface area contributed by atoms with Crippen LogP contribution in [0.25, 0.3) is 5.82 Å². The Hall–Kier alpha value is -1.88. The quantitative estimate of drug-likeness (QED) is 0.880. The minimum atomic E-state index is -0.213. The molecule has 0 bridgehead atoms. The minimum absolute atomic E-state index is 0.213. The highest BCUT2D eigenvalue weighted by atomic mass is 35.5. The van der Waals surface area contributed by atoms with Gasteiger partial charge in [-0.25, -0.2) is 0 Å². The lowest BCUT2D eigenvalue weighted by Gasteiger charge is -2.07. The summed E-state index contributed by atoms with van der Waals surface area (Å²) in [7, 11) is 1.66. The molecule has 0 saturated heterocycles. The van der Waals surface area contributed by atoms with Gasteiger partial charge in [-0.2, -0.15) is 5.10 Å². The topological polar surface area (TPSA) is 59.8 Å². The molecule has 17 heavy (non-hydrogen) atoms. The van der Waals surface area contributed by atoms with Crippen LogP contribution in [0.4, 0.5) is 5.69 Å². The third kappa shape index (κ3) is 2.29. The fourth-order valence-electron chi connectivity index (χ4n) is 1.42. The average Bonchev–Trinajstić information content (AvgIpc) is 2.33. The monoisotopic (exact) mass is 250 g/mol. The number of pyridine rings is 1. The number of halogens is 1. The number of rotatable bonds is 2. The Balaban J connectivity index is 2.63. The van der Waals surface area contributed by atoms with Crippen LogP contribution in [0.3, 0.4) is 0 Å². The van der Waals surface area contributed by atoms with E-state index in [0.717, 1.165) is 5.69 Å². The molecule has 5 nitrogen and oxygen atoms in total. The van der Waals surface area contributed by atoms with Crippen molar-refractivity contribution in [1.29, 1.82) is 0 Å². The number of aryl methyl sites for hydroxylation is 1. The van der Waals surface area contributed by atoms with Gasteiger partial charge >= 0.3 is 0 Å². The summed E-state index contributed by atoms with van der Waals surface area (Å²) in [6, 6.07) is 5.08. The smallest absolute Gasteiger partial charge is 0.279 e. The normalized spacial score (nSPS) is 10.3. The molecule has 0 atom stereocenters. The summed E-state index contributed by atoms with van der Waals surface area (Å²) in [5, 5.41) is 11.1. The zero-order valence-electron chi connectivity index (χ0n) is 9.44. The van der Waals surface area contributed by atoms with E-state index in [1.165, 1.54) is 10.8 Å². The van der Waals surface area contributed by atoms with Crippen LogP contribution in [0.15, 0.2) is 29.2 Å².